The number of rotatable bonds is 10. The van der Waals surface area contributed by atoms with Gasteiger partial charge in [-0.1, -0.05) is 41.5 Å². The topological polar surface area (TPSA) is 105 Å². The summed E-state index contributed by atoms with van der Waals surface area (Å²) < 4.78 is 37.4. The molecule has 0 fully saturated rings. The molecule has 0 aliphatic rings. The van der Waals surface area contributed by atoms with Gasteiger partial charge in [-0.3, -0.25) is 4.79 Å². The largest absolute Gasteiger partial charge is 0.490 e. The fraction of sp³-hybridized carbons (Fsp3) is 0.200. The van der Waals surface area contributed by atoms with Gasteiger partial charge < -0.3 is 14.2 Å². The van der Waals surface area contributed by atoms with Crippen molar-refractivity contribution in [3.63, 3.8) is 0 Å². The maximum Gasteiger partial charge on any atom is 0.339 e. The van der Waals surface area contributed by atoms with Crippen molar-refractivity contribution in [3.8, 4) is 17.6 Å². The van der Waals surface area contributed by atoms with Crippen molar-refractivity contribution in [1.82, 2.24) is 0 Å². The molecule has 0 spiro atoms. The van der Waals surface area contributed by atoms with E-state index in [4.69, 9.17) is 8.92 Å². The molecule has 7 nitrogen and oxygen atoms in total. The normalized spacial score (nSPS) is 11.4. The highest BCUT2D eigenvalue weighted by Crippen LogP contribution is 2.37. The zero-order valence-corrected chi connectivity index (χ0v) is 22.7. The Morgan fingerprint density at radius 3 is 2.34 bits per heavy atom. The molecule has 0 atom stereocenters. The molecule has 1 amide bonds. The molecule has 3 aromatic rings. The van der Waals surface area contributed by atoms with Gasteiger partial charge in [0.15, 0.2) is 11.5 Å². The molecule has 0 aliphatic heterocycles. The SMILES string of the molecule is C=CCc1cc(/C=C(\C#N)C(=O)Nc2ccc(C)cc2C)cc(OCC)c1OS(=O)(=O)c1ccc(C)cc1. The van der Waals surface area contributed by atoms with Crippen LogP contribution in [0.15, 0.2) is 77.7 Å². The lowest BCUT2D eigenvalue weighted by Gasteiger charge is -2.17. The van der Waals surface area contributed by atoms with Crippen LogP contribution < -0.4 is 14.2 Å². The second-order valence-electron chi connectivity index (χ2n) is 8.73. The van der Waals surface area contributed by atoms with Gasteiger partial charge in [-0.25, -0.2) is 0 Å². The molecule has 0 bridgehead atoms. The number of amides is 1. The van der Waals surface area contributed by atoms with Gasteiger partial charge in [0.25, 0.3) is 5.91 Å². The molecule has 3 rings (SSSR count). The summed E-state index contributed by atoms with van der Waals surface area (Å²) in [5.41, 5.74) is 4.27. The number of hydrogen-bond acceptors (Lipinski definition) is 6. The average Bonchev–Trinajstić information content (AvgIpc) is 2.86. The number of carbonyl (C=O) groups excluding carboxylic acids is 1. The van der Waals surface area contributed by atoms with E-state index in [1.54, 1.807) is 37.3 Å². The highest BCUT2D eigenvalue weighted by Gasteiger charge is 2.23. The summed E-state index contributed by atoms with van der Waals surface area (Å²) in [7, 11) is -4.15. The number of anilines is 1. The first-order chi connectivity index (χ1) is 18.1. The van der Waals surface area contributed by atoms with Gasteiger partial charge in [0.05, 0.1) is 6.61 Å². The molecule has 1 N–H and O–H groups in total. The van der Waals surface area contributed by atoms with Crippen LogP contribution in [0, 0.1) is 32.1 Å². The Bertz CT molecular complexity index is 1530. The van der Waals surface area contributed by atoms with Gasteiger partial charge in [0, 0.05) is 11.3 Å². The highest BCUT2D eigenvalue weighted by atomic mass is 32.2. The van der Waals surface area contributed by atoms with Gasteiger partial charge in [-0.2, -0.15) is 13.7 Å². The lowest BCUT2D eigenvalue weighted by Crippen LogP contribution is -2.14. The lowest BCUT2D eigenvalue weighted by atomic mass is 10.0. The maximum absolute atomic E-state index is 13.0. The van der Waals surface area contributed by atoms with E-state index in [1.807, 2.05) is 39.0 Å². The summed E-state index contributed by atoms with van der Waals surface area (Å²) in [5, 5.41) is 12.5. The Kier molecular flexibility index (Phi) is 9.11. The first kappa shape index (κ1) is 28.2. The van der Waals surface area contributed by atoms with Crippen molar-refractivity contribution in [2.24, 2.45) is 0 Å². The van der Waals surface area contributed by atoms with Gasteiger partial charge in [-0.15, -0.1) is 6.58 Å². The van der Waals surface area contributed by atoms with Gasteiger partial charge >= 0.3 is 10.1 Å². The lowest BCUT2D eigenvalue weighted by molar-refractivity contribution is -0.112. The zero-order chi connectivity index (χ0) is 27.9. The van der Waals surface area contributed by atoms with E-state index in [9.17, 15) is 18.5 Å². The third-order valence-electron chi connectivity index (χ3n) is 5.63. The van der Waals surface area contributed by atoms with Crippen molar-refractivity contribution in [2.75, 3.05) is 11.9 Å². The molecule has 0 saturated heterocycles. The summed E-state index contributed by atoms with van der Waals surface area (Å²) in [6.45, 7) is 11.4. The van der Waals surface area contributed by atoms with E-state index in [0.29, 0.717) is 16.8 Å². The fourth-order valence-corrected chi connectivity index (χ4v) is 4.73. The Hall–Kier alpha value is -4.35. The van der Waals surface area contributed by atoms with Crippen molar-refractivity contribution < 1.29 is 22.1 Å². The van der Waals surface area contributed by atoms with Crippen LogP contribution >= 0.6 is 0 Å². The summed E-state index contributed by atoms with van der Waals surface area (Å²) >= 11 is 0. The number of nitriles is 1. The minimum absolute atomic E-state index is 0.00825. The summed E-state index contributed by atoms with van der Waals surface area (Å²) in [5.74, 6) is -0.367. The number of nitrogens with one attached hydrogen (secondary N) is 1. The molecule has 0 saturated carbocycles. The summed E-state index contributed by atoms with van der Waals surface area (Å²) in [4.78, 5) is 12.9. The van der Waals surface area contributed by atoms with Crippen LogP contribution in [0.3, 0.4) is 0 Å². The van der Waals surface area contributed by atoms with Crippen molar-refractivity contribution >= 4 is 27.8 Å². The smallest absolute Gasteiger partial charge is 0.339 e. The first-order valence-electron chi connectivity index (χ1n) is 12.0. The van der Waals surface area contributed by atoms with Crippen LogP contribution in [0.1, 0.15) is 34.7 Å². The van der Waals surface area contributed by atoms with Crippen LogP contribution in [-0.4, -0.2) is 20.9 Å². The number of hydrogen-bond donors (Lipinski definition) is 1. The number of allylic oxidation sites excluding steroid dienone is 1. The number of benzene rings is 3. The van der Waals surface area contributed by atoms with Gasteiger partial charge in [0.2, 0.25) is 0 Å². The molecule has 0 unspecified atom stereocenters. The predicted molar refractivity (Wildman–Crippen MR) is 149 cm³/mol. The Morgan fingerprint density at radius 2 is 1.74 bits per heavy atom. The highest BCUT2D eigenvalue weighted by molar-refractivity contribution is 7.87. The van der Waals surface area contributed by atoms with E-state index in [1.165, 1.54) is 24.3 Å². The Balaban J connectivity index is 2.02. The van der Waals surface area contributed by atoms with Crippen molar-refractivity contribution in [1.29, 1.82) is 5.26 Å². The van der Waals surface area contributed by atoms with E-state index in [2.05, 4.69) is 11.9 Å². The van der Waals surface area contributed by atoms with Crippen LogP contribution in [0.5, 0.6) is 11.5 Å². The number of carbonyl (C=O) groups is 1. The first-order valence-corrected chi connectivity index (χ1v) is 13.4. The van der Waals surface area contributed by atoms with Crippen LogP contribution in [-0.2, 0) is 21.3 Å². The minimum atomic E-state index is -4.15. The standard InChI is InChI=1S/C30H30N2O5S/c1-6-8-24-16-23(17-25(19-31)30(33)32-27-14-11-21(4)15-22(27)5)18-28(36-7-2)29(24)37-38(34,35)26-12-9-20(3)10-13-26/h6,9-18H,1,7-8H2,2-5H3,(H,32,33)/b25-17+. The minimum Gasteiger partial charge on any atom is -0.490 e. The van der Waals surface area contributed by atoms with Crippen LogP contribution in [0.25, 0.3) is 6.08 Å². The van der Waals surface area contributed by atoms with Gasteiger partial charge in [0.1, 0.15) is 16.5 Å². The van der Waals surface area contributed by atoms with Crippen molar-refractivity contribution in [2.45, 2.75) is 39.0 Å². The molecule has 0 heterocycles. The molecular weight excluding hydrogens is 500 g/mol. The maximum atomic E-state index is 13.0. The molecule has 0 aromatic heterocycles. The van der Waals surface area contributed by atoms with Gasteiger partial charge in [-0.05, 0) is 81.7 Å². The quantitative estimate of drug-likeness (QED) is 0.148. The fourth-order valence-electron chi connectivity index (χ4n) is 3.75. The number of nitrogens with zero attached hydrogens (tertiary/aromatic N) is 1. The van der Waals surface area contributed by atoms with Crippen molar-refractivity contribution in [3.05, 3.63) is 101 Å². The zero-order valence-electron chi connectivity index (χ0n) is 21.9. The molecule has 3 aromatic carbocycles. The van der Waals surface area contributed by atoms with E-state index < -0.39 is 16.0 Å². The predicted octanol–water partition coefficient (Wildman–Crippen LogP) is 6.05. The summed E-state index contributed by atoms with van der Waals surface area (Å²) in [6.07, 6.45) is 3.28. The third-order valence-corrected chi connectivity index (χ3v) is 6.86. The van der Waals surface area contributed by atoms with E-state index in [-0.39, 0.29) is 35.0 Å². The Labute approximate surface area is 224 Å². The molecule has 0 aliphatic carbocycles. The second kappa shape index (κ2) is 12.3. The second-order valence-corrected chi connectivity index (χ2v) is 10.3. The molecule has 0 radical (unpaired) electrons. The number of ether oxygens (including phenoxy) is 1. The third kappa shape index (κ3) is 6.90. The van der Waals surface area contributed by atoms with E-state index >= 15 is 0 Å². The van der Waals surface area contributed by atoms with Crippen LogP contribution in [0.2, 0.25) is 0 Å². The van der Waals surface area contributed by atoms with E-state index in [0.717, 1.165) is 16.7 Å². The molecule has 196 valence electrons. The monoisotopic (exact) mass is 530 g/mol. The average molecular weight is 531 g/mol. The molecule has 8 heteroatoms. The molecule has 38 heavy (non-hydrogen) atoms. The Morgan fingerprint density at radius 1 is 1.05 bits per heavy atom. The van der Waals surface area contributed by atoms with Crippen LogP contribution in [0.4, 0.5) is 5.69 Å². The molecular formula is C30H30N2O5S. The summed E-state index contributed by atoms with van der Waals surface area (Å²) in [6, 6.07) is 17.0. The number of aryl methyl sites for hydroxylation is 3.